The van der Waals surface area contributed by atoms with Crippen molar-refractivity contribution in [3.05, 3.63) is 95.3 Å². The van der Waals surface area contributed by atoms with Gasteiger partial charge in [-0.2, -0.15) is 13.2 Å². The van der Waals surface area contributed by atoms with E-state index in [0.717, 1.165) is 23.4 Å². The molecule has 1 saturated heterocycles. The summed E-state index contributed by atoms with van der Waals surface area (Å²) in [6, 6.07) is 18.1. The molecule has 1 heterocycles. The highest BCUT2D eigenvalue weighted by Gasteiger charge is 2.30. The van der Waals surface area contributed by atoms with E-state index in [9.17, 15) is 27.5 Å². The number of Topliss-reactive ketones (excluding diaryl/α,β-unsaturated/α-hetero) is 1. The Morgan fingerprint density at radius 1 is 0.923 bits per heavy atom. The number of rotatable bonds is 10. The van der Waals surface area contributed by atoms with Gasteiger partial charge in [-0.3, -0.25) is 9.69 Å². The minimum Gasteiger partial charge on any atom is -0.490 e. The molecular weight excluding hydrogens is 536 g/mol. The van der Waals surface area contributed by atoms with E-state index in [2.05, 4.69) is 4.90 Å². The molecule has 1 aliphatic heterocycles. The van der Waals surface area contributed by atoms with E-state index in [-0.39, 0.29) is 37.0 Å². The maximum absolute atomic E-state index is 13.1. The van der Waals surface area contributed by atoms with Crippen molar-refractivity contribution in [1.82, 2.24) is 4.90 Å². The summed E-state index contributed by atoms with van der Waals surface area (Å²) in [5.74, 6) is -0.0139. The molecule has 1 fully saturated rings. The summed E-state index contributed by atoms with van der Waals surface area (Å²) >= 11 is 0. The summed E-state index contributed by atoms with van der Waals surface area (Å²) in [5, 5.41) is 10.6. The van der Waals surface area contributed by atoms with E-state index >= 15 is 0 Å². The first-order chi connectivity index (χ1) is 18.2. The van der Waals surface area contributed by atoms with E-state index in [1.807, 2.05) is 4.90 Å². The largest absolute Gasteiger partial charge is 0.490 e. The van der Waals surface area contributed by atoms with Gasteiger partial charge in [-0.1, -0.05) is 24.3 Å². The number of carbonyl (C=O) groups excluding carboxylic acids is 1. The molecule has 1 aliphatic rings. The number of para-hydroxylation sites is 1. The summed E-state index contributed by atoms with van der Waals surface area (Å²) in [6.07, 6.45) is -4.41. The number of ether oxygens (including phenoxy) is 1. The number of anilines is 1. The maximum atomic E-state index is 13.1. The number of carbonyl (C=O) groups is 1. The molecule has 0 bridgehead atoms. The quantitative estimate of drug-likeness (QED) is 0.254. The Kier molecular flexibility index (Phi) is 10.7. The van der Waals surface area contributed by atoms with Gasteiger partial charge < -0.3 is 14.7 Å². The third kappa shape index (κ3) is 8.68. The smallest absolute Gasteiger partial charge is 0.416 e. The van der Waals surface area contributed by atoms with E-state index < -0.39 is 17.8 Å². The SMILES string of the molecule is Cl.O=C(CCc1ccc(F)cc1)c1ccccc1OCC(O)CN1CCN(c2ccc(C(F)(F)F)cc2)CC1. The van der Waals surface area contributed by atoms with Crippen molar-refractivity contribution in [2.45, 2.75) is 25.1 Å². The second-order valence-corrected chi connectivity index (χ2v) is 9.34. The molecule has 39 heavy (non-hydrogen) atoms. The Balaban J connectivity index is 0.00000420. The number of halogens is 5. The number of piperazine rings is 1. The van der Waals surface area contributed by atoms with Crippen LogP contribution in [0.3, 0.4) is 0 Å². The average Bonchev–Trinajstić information content (AvgIpc) is 2.91. The Bertz CT molecular complexity index is 1200. The van der Waals surface area contributed by atoms with Gasteiger partial charge in [0.05, 0.1) is 11.1 Å². The van der Waals surface area contributed by atoms with Gasteiger partial charge in [0.1, 0.15) is 24.3 Å². The zero-order chi connectivity index (χ0) is 27.1. The molecule has 5 nitrogen and oxygen atoms in total. The molecule has 0 amide bonds. The Morgan fingerprint density at radius 3 is 2.21 bits per heavy atom. The van der Waals surface area contributed by atoms with Crippen LogP contribution >= 0.6 is 12.4 Å². The van der Waals surface area contributed by atoms with Gasteiger partial charge in [-0.05, 0) is 60.5 Å². The van der Waals surface area contributed by atoms with Crippen molar-refractivity contribution in [1.29, 1.82) is 0 Å². The van der Waals surface area contributed by atoms with Gasteiger partial charge in [-0.25, -0.2) is 4.39 Å². The van der Waals surface area contributed by atoms with Crippen LogP contribution in [0.25, 0.3) is 0 Å². The number of alkyl halides is 3. The number of hydrogen-bond acceptors (Lipinski definition) is 5. The lowest BCUT2D eigenvalue weighted by molar-refractivity contribution is -0.137. The first-order valence-electron chi connectivity index (χ1n) is 12.5. The number of hydrogen-bond donors (Lipinski definition) is 1. The second-order valence-electron chi connectivity index (χ2n) is 9.34. The molecule has 0 saturated carbocycles. The van der Waals surface area contributed by atoms with Crippen molar-refractivity contribution in [2.75, 3.05) is 44.2 Å². The molecule has 210 valence electrons. The Hall–Kier alpha value is -3.14. The summed E-state index contributed by atoms with van der Waals surface area (Å²) in [4.78, 5) is 16.9. The fourth-order valence-electron chi connectivity index (χ4n) is 4.45. The van der Waals surface area contributed by atoms with Crippen LogP contribution in [-0.4, -0.2) is 61.2 Å². The lowest BCUT2D eigenvalue weighted by Crippen LogP contribution is -2.49. The number of nitrogens with zero attached hydrogens (tertiary/aromatic N) is 2. The highest BCUT2D eigenvalue weighted by Crippen LogP contribution is 2.30. The monoisotopic (exact) mass is 566 g/mol. The molecule has 0 aromatic heterocycles. The minimum atomic E-state index is -4.35. The number of benzene rings is 3. The summed E-state index contributed by atoms with van der Waals surface area (Å²) in [6.45, 7) is 2.95. The van der Waals surface area contributed by atoms with Gasteiger partial charge >= 0.3 is 6.18 Å². The van der Waals surface area contributed by atoms with E-state index in [4.69, 9.17) is 4.74 Å². The lowest BCUT2D eigenvalue weighted by Gasteiger charge is -2.37. The number of aliphatic hydroxyl groups excluding tert-OH is 1. The van der Waals surface area contributed by atoms with Crippen LogP contribution in [0.4, 0.5) is 23.2 Å². The second kappa shape index (κ2) is 13.8. The average molecular weight is 567 g/mol. The number of aliphatic hydroxyl groups is 1. The third-order valence-corrected chi connectivity index (χ3v) is 6.57. The fourth-order valence-corrected chi connectivity index (χ4v) is 4.45. The van der Waals surface area contributed by atoms with Crippen LogP contribution in [0.15, 0.2) is 72.8 Å². The first kappa shape index (κ1) is 30.4. The summed E-state index contributed by atoms with van der Waals surface area (Å²) in [7, 11) is 0. The van der Waals surface area contributed by atoms with Crippen LogP contribution in [0.5, 0.6) is 5.75 Å². The topological polar surface area (TPSA) is 53.0 Å². The highest BCUT2D eigenvalue weighted by molar-refractivity contribution is 5.98. The predicted molar refractivity (Wildman–Crippen MR) is 144 cm³/mol. The minimum absolute atomic E-state index is 0. The Labute approximate surface area is 231 Å². The van der Waals surface area contributed by atoms with Crippen LogP contribution in [0, 0.1) is 5.82 Å². The van der Waals surface area contributed by atoms with Gasteiger partial charge in [0.25, 0.3) is 0 Å². The molecule has 1 unspecified atom stereocenters. The van der Waals surface area contributed by atoms with Crippen molar-refractivity contribution in [3.63, 3.8) is 0 Å². The molecule has 1 N–H and O–H groups in total. The molecule has 0 radical (unpaired) electrons. The predicted octanol–water partition coefficient (Wildman–Crippen LogP) is 5.64. The zero-order valence-corrected chi connectivity index (χ0v) is 22.1. The van der Waals surface area contributed by atoms with E-state index in [1.165, 1.54) is 24.3 Å². The lowest BCUT2D eigenvalue weighted by atomic mass is 10.0. The molecule has 10 heteroatoms. The van der Waals surface area contributed by atoms with Crippen molar-refractivity contribution in [2.24, 2.45) is 0 Å². The van der Waals surface area contributed by atoms with Gasteiger partial charge in [0.2, 0.25) is 0 Å². The van der Waals surface area contributed by atoms with Crippen molar-refractivity contribution >= 4 is 23.9 Å². The number of β-amino-alcohol motifs (C(OH)–C–C–N with tert-alkyl or cyclic N) is 1. The third-order valence-electron chi connectivity index (χ3n) is 6.57. The molecule has 0 aliphatic carbocycles. The molecule has 3 aromatic carbocycles. The van der Waals surface area contributed by atoms with Crippen LogP contribution < -0.4 is 9.64 Å². The fraction of sp³-hybridized carbons (Fsp3) is 0.345. The molecule has 4 rings (SSSR count). The van der Waals surface area contributed by atoms with E-state index in [0.29, 0.717) is 50.5 Å². The number of aryl methyl sites for hydroxylation is 1. The standard InChI is InChI=1S/C29H30F4N2O3.ClH/c30-23-10-5-21(6-11-23)7-14-27(37)26-3-1-2-4-28(26)38-20-25(36)19-34-15-17-35(18-16-34)24-12-8-22(9-13-24)29(31,32)33;/h1-6,8-13,25,36H,7,14-20H2;1H. The molecular formula is C29H31ClF4N2O3. The van der Waals surface area contributed by atoms with Gasteiger partial charge in [-0.15, -0.1) is 12.4 Å². The number of ketones is 1. The van der Waals surface area contributed by atoms with Crippen LogP contribution in [0.1, 0.15) is 27.9 Å². The van der Waals surface area contributed by atoms with Gasteiger partial charge in [0.15, 0.2) is 5.78 Å². The van der Waals surface area contributed by atoms with E-state index in [1.54, 1.807) is 36.4 Å². The zero-order valence-electron chi connectivity index (χ0n) is 21.2. The molecule has 0 spiro atoms. The Morgan fingerprint density at radius 2 is 1.56 bits per heavy atom. The maximum Gasteiger partial charge on any atom is 0.416 e. The normalized spacial score (nSPS) is 14.9. The summed E-state index contributed by atoms with van der Waals surface area (Å²) in [5.41, 5.74) is 1.38. The first-order valence-corrected chi connectivity index (χ1v) is 12.5. The van der Waals surface area contributed by atoms with Crippen LogP contribution in [0.2, 0.25) is 0 Å². The molecule has 1 atom stereocenters. The van der Waals surface area contributed by atoms with Crippen molar-refractivity contribution in [3.8, 4) is 5.75 Å². The van der Waals surface area contributed by atoms with Gasteiger partial charge in [0, 0.05) is 44.8 Å². The highest BCUT2D eigenvalue weighted by atomic mass is 35.5. The molecule has 3 aromatic rings. The van der Waals surface area contributed by atoms with Crippen LogP contribution in [-0.2, 0) is 12.6 Å². The summed E-state index contributed by atoms with van der Waals surface area (Å²) < 4.78 is 57.3. The van der Waals surface area contributed by atoms with Crippen molar-refractivity contribution < 1.29 is 32.2 Å².